The maximum absolute atomic E-state index is 13.7. The lowest BCUT2D eigenvalue weighted by Crippen LogP contribution is -2.50. The number of ether oxygens (including phenoxy) is 1. The molecule has 0 radical (unpaired) electrons. The smallest absolute Gasteiger partial charge is 0.471 e. The van der Waals surface area contributed by atoms with Crippen LogP contribution >= 0.6 is 11.6 Å². The van der Waals surface area contributed by atoms with Crippen molar-refractivity contribution in [2.24, 2.45) is 0 Å². The molecule has 10 heteroatoms. The summed E-state index contributed by atoms with van der Waals surface area (Å²) in [7, 11) is 1.26. The fourth-order valence-corrected chi connectivity index (χ4v) is 4.01. The van der Waals surface area contributed by atoms with Crippen LogP contribution in [0.1, 0.15) is 43.7 Å². The number of alkyl halides is 3. The van der Waals surface area contributed by atoms with Crippen molar-refractivity contribution in [2.75, 3.05) is 12.0 Å². The summed E-state index contributed by atoms with van der Waals surface area (Å²) in [6, 6.07) is 4.95. The summed E-state index contributed by atoms with van der Waals surface area (Å²) in [5.41, 5.74) is -0.0872. The number of pyridine rings is 1. The SMILES string of the molecule is COc1ccc(Cl)cc1N(C(=O)C(F)(F)F)C(C(=O)NC1CCCCC1)c1ccncc1. The number of hydrogen-bond acceptors (Lipinski definition) is 4. The number of hydrogen-bond donors (Lipinski definition) is 1. The van der Waals surface area contributed by atoms with Crippen molar-refractivity contribution in [1.82, 2.24) is 10.3 Å². The lowest BCUT2D eigenvalue weighted by atomic mass is 9.94. The van der Waals surface area contributed by atoms with E-state index in [2.05, 4.69) is 10.3 Å². The fourth-order valence-electron chi connectivity index (χ4n) is 3.84. The number of amides is 2. The molecule has 1 aromatic carbocycles. The predicted octanol–water partition coefficient (Wildman–Crippen LogP) is 4.83. The molecule has 172 valence electrons. The van der Waals surface area contributed by atoms with Crippen LogP contribution in [0.5, 0.6) is 5.75 Å². The van der Waals surface area contributed by atoms with E-state index in [9.17, 15) is 22.8 Å². The molecule has 0 saturated heterocycles. The Labute approximate surface area is 188 Å². The molecule has 1 saturated carbocycles. The largest absolute Gasteiger partial charge is 0.495 e. The Morgan fingerprint density at radius 2 is 1.81 bits per heavy atom. The fraction of sp³-hybridized carbons (Fsp3) is 0.409. The molecule has 1 aliphatic rings. The third-order valence-electron chi connectivity index (χ3n) is 5.34. The number of rotatable bonds is 6. The van der Waals surface area contributed by atoms with Crippen LogP contribution in [0.15, 0.2) is 42.7 Å². The van der Waals surface area contributed by atoms with Crippen molar-refractivity contribution in [3.05, 3.63) is 53.3 Å². The molecule has 1 aliphatic carbocycles. The van der Waals surface area contributed by atoms with E-state index in [1.807, 2.05) is 0 Å². The first-order valence-corrected chi connectivity index (χ1v) is 10.5. The first-order chi connectivity index (χ1) is 15.2. The second kappa shape index (κ2) is 10.2. The minimum Gasteiger partial charge on any atom is -0.495 e. The van der Waals surface area contributed by atoms with Gasteiger partial charge in [0, 0.05) is 23.5 Å². The van der Waals surface area contributed by atoms with E-state index in [4.69, 9.17) is 16.3 Å². The molecule has 1 heterocycles. The lowest BCUT2D eigenvalue weighted by Gasteiger charge is -2.34. The molecule has 1 atom stereocenters. The average molecular weight is 470 g/mol. The maximum Gasteiger partial charge on any atom is 0.471 e. The van der Waals surface area contributed by atoms with E-state index in [1.165, 1.54) is 49.8 Å². The highest BCUT2D eigenvalue weighted by Crippen LogP contribution is 2.39. The van der Waals surface area contributed by atoms with Crippen LogP contribution in [0, 0.1) is 0 Å². The summed E-state index contributed by atoms with van der Waals surface area (Å²) in [5, 5.41) is 2.92. The van der Waals surface area contributed by atoms with E-state index >= 15 is 0 Å². The molecule has 32 heavy (non-hydrogen) atoms. The van der Waals surface area contributed by atoms with Gasteiger partial charge in [0.25, 0.3) is 0 Å². The molecular formula is C22H23ClF3N3O3. The van der Waals surface area contributed by atoms with Crippen LogP contribution in [-0.2, 0) is 9.59 Å². The lowest BCUT2D eigenvalue weighted by molar-refractivity contribution is -0.171. The quantitative estimate of drug-likeness (QED) is 0.658. The Morgan fingerprint density at radius 3 is 2.41 bits per heavy atom. The number of benzene rings is 1. The van der Waals surface area contributed by atoms with Crippen molar-refractivity contribution in [2.45, 2.75) is 50.4 Å². The zero-order valence-corrected chi connectivity index (χ0v) is 18.1. The molecule has 1 aromatic heterocycles. The van der Waals surface area contributed by atoms with Gasteiger partial charge in [0.15, 0.2) is 0 Å². The predicted molar refractivity (Wildman–Crippen MR) is 114 cm³/mol. The number of nitrogens with one attached hydrogen (secondary N) is 1. The van der Waals surface area contributed by atoms with Crippen molar-refractivity contribution >= 4 is 29.1 Å². The number of methoxy groups -OCH3 is 1. The second-order valence-corrected chi connectivity index (χ2v) is 7.95. The minimum atomic E-state index is -5.25. The van der Waals surface area contributed by atoms with Crippen LogP contribution < -0.4 is 15.0 Å². The van der Waals surface area contributed by atoms with Gasteiger partial charge in [0.1, 0.15) is 11.8 Å². The van der Waals surface area contributed by atoms with Gasteiger partial charge in [-0.3, -0.25) is 19.5 Å². The van der Waals surface area contributed by atoms with E-state index < -0.39 is 24.0 Å². The Bertz CT molecular complexity index is 950. The third kappa shape index (κ3) is 5.51. The zero-order valence-electron chi connectivity index (χ0n) is 17.4. The first kappa shape index (κ1) is 23.8. The van der Waals surface area contributed by atoms with Crippen LogP contribution in [0.3, 0.4) is 0 Å². The van der Waals surface area contributed by atoms with Gasteiger partial charge in [-0.25, -0.2) is 0 Å². The minimum absolute atomic E-state index is 0.0310. The zero-order chi connectivity index (χ0) is 23.3. The van der Waals surface area contributed by atoms with Crippen LogP contribution in [0.25, 0.3) is 0 Å². The van der Waals surface area contributed by atoms with E-state index in [0.717, 1.165) is 32.1 Å². The maximum atomic E-state index is 13.7. The summed E-state index contributed by atoms with van der Waals surface area (Å²) in [5.74, 6) is -2.96. The highest BCUT2D eigenvalue weighted by atomic mass is 35.5. The molecule has 1 N–H and O–H groups in total. The molecule has 6 nitrogen and oxygen atoms in total. The topological polar surface area (TPSA) is 71.5 Å². The Morgan fingerprint density at radius 1 is 1.16 bits per heavy atom. The molecular weight excluding hydrogens is 447 g/mol. The second-order valence-electron chi connectivity index (χ2n) is 7.52. The number of carbonyl (C=O) groups excluding carboxylic acids is 2. The number of halogens is 4. The summed E-state index contributed by atoms with van der Waals surface area (Å²) in [4.78, 5) is 30.3. The molecule has 0 spiro atoms. The van der Waals surface area contributed by atoms with Gasteiger partial charge >= 0.3 is 12.1 Å². The van der Waals surface area contributed by atoms with Crippen molar-refractivity contribution in [3.8, 4) is 5.75 Å². The summed E-state index contributed by atoms with van der Waals surface area (Å²) >= 11 is 6.04. The van der Waals surface area contributed by atoms with Crippen molar-refractivity contribution < 1.29 is 27.5 Å². The Hall–Kier alpha value is -2.81. The summed E-state index contributed by atoms with van der Waals surface area (Å²) in [6.45, 7) is 0. The van der Waals surface area contributed by atoms with Gasteiger partial charge in [-0.2, -0.15) is 13.2 Å². The first-order valence-electron chi connectivity index (χ1n) is 10.2. The van der Waals surface area contributed by atoms with Gasteiger partial charge in [-0.15, -0.1) is 0 Å². The third-order valence-corrected chi connectivity index (χ3v) is 5.58. The average Bonchev–Trinajstić information content (AvgIpc) is 2.77. The van der Waals surface area contributed by atoms with Gasteiger partial charge in [0.2, 0.25) is 5.91 Å². The normalized spacial score (nSPS) is 15.7. The molecule has 0 aliphatic heterocycles. The molecule has 0 bridgehead atoms. The molecule has 2 amide bonds. The molecule has 2 aromatic rings. The Balaban J connectivity index is 2.14. The highest BCUT2D eigenvalue weighted by Gasteiger charge is 2.48. The number of anilines is 1. The van der Waals surface area contributed by atoms with E-state index in [1.54, 1.807) is 0 Å². The van der Waals surface area contributed by atoms with Gasteiger partial charge < -0.3 is 10.1 Å². The number of aromatic nitrogens is 1. The standard InChI is InChI=1S/C22H23ClF3N3O3/c1-32-18-8-7-15(23)13-17(18)29(21(31)22(24,25)26)19(14-9-11-27-12-10-14)20(30)28-16-5-3-2-4-6-16/h7-13,16,19H,2-6H2,1H3,(H,28,30). The van der Waals surface area contributed by atoms with E-state index in [0.29, 0.717) is 4.90 Å². The van der Waals surface area contributed by atoms with Crippen LogP contribution in [0.2, 0.25) is 5.02 Å². The summed E-state index contributed by atoms with van der Waals surface area (Å²) in [6.07, 6.45) is 1.77. The number of nitrogens with zero attached hydrogens (tertiary/aromatic N) is 2. The number of carbonyl (C=O) groups is 2. The van der Waals surface area contributed by atoms with E-state index in [-0.39, 0.29) is 28.1 Å². The van der Waals surface area contributed by atoms with Crippen molar-refractivity contribution in [3.63, 3.8) is 0 Å². The van der Waals surface area contributed by atoms with Crippen molar-refractivity contribution in [1.29, 1.82) is 0 Å². The highest BCUT2D eigenvalue weighted by molar-refractivity contribution is 6.31. The molecule has 3 rings (SSSR count). The molecule has 1 fully saturated rings. The van der Waals surface area contributed by atoms with Gasteiger partial charge in [0.05, 0.1) is 12.8 Å². The summed E-state index contributed by atoms with van der Waals surface area (Å²) < 4.78 is 46.3. The van der Waals surface area contributed by atoms with Crippen LogP contribution in [-0.4, -0.2) is 36.1 Å². The van der Waals surface area contributed by atoms with Crippen LogP contribution in [0.4, 0.5) is 18.9 Å². The van der Waals surface area contributed by atoms with Gasteiger partial charge in [-0.1, -0.05) is 30.9 Å². The Kier molecular flexibility index (Phi) is 7.60. The monoisotopic (exact) mass is 469 g/mol. The van der Waals surface area contributed by atoms with Gasteiger partial charge in [-0.05, 0) is 48.7 Å². The molecule has 1 unspecified atom stereocenters.